The molecule has 1 aromatic heterocycles. The van der Waals surface area contributed by atoms with Crippen molar-refractivity contribution >= 4 is 22.9 Å². The van der Waals surface area contributed by atoms with Crippen LogP contribution in [0.4, 0.5) is 5.69 Å². The molecule has 1 aromatic carbocycles. The van der Waals surface area contributed by atoms with Crippen molar-refractivity contribution in [1.29, 1.82) is 0 Å². The molecule has 0 radical (unpaired) electrons. The number of aromatic nitrogens is 2. The van der Waals surface area contributed by atoms with Crippen LogP contribution < -0.4 is 5.32 Å². The van der Waals surface area contributed by atoms with Crippen LogP contribution in [0.5, 0.6) is 0 Å². The summed E-state index contributed by atoms with van der Waals surface area (Å²) in [6, 6.07) is 9.95. The Balaban J connectivity index is 1.98. The van der Waals surface area contributed by atoms with Gasteiger partial charge in [0.2, 0.25) is 0 Å². The lowest BCUT2D eigenvalue weighted by atomic mass is 10.3. The zero-order valence-electron chi connectivity index (χ0n) is 9.76. The van der Waals surface area contributed by atoms with Gasteiger partial charge >= 0.3 is 0 Å². The van der Waals surface area contributed by atoms with Gasteiger partial charge in [-0.25, -0.2) is 4.98 Å². The summed E-state index contributed by atoms with van der Waals surface area (Å²) < 4.78 is 2.10. The molecule has 0 spiro atoms. The zero-order valence-corrected chi connectivity index (χ0v) is 10.6. The number of thiocarbonyl (C=S) groups is 1. The van der Waals surface area contributed by atoms with E-state index in [1.54, 1.807) is 0 Å². The highest BCUT2D eigenvalue weighted by Gasteiger charge is 2.05. The first kappa shape index (κ1) is 11.8. The normalized spacial score (nSPS) is 10.2. The van der Waals surface area contributed by atoms with Crippen molar-refractivity contribution in [2.75, 3.05) is 5.32 Å². The topological polar surface area (TPSA) is 29.9 Å². The molecule has 1 heterocycles. The Morgan fingerprint density at radius 3 is 2.82 bits per heavy atom. The van der Waals surface area contributed by atoms with Crippen LogP contribution in [-0.2, 0) is 13.0 Å². The first-order valence-corrected chi connectivity index (χ1v) is 6.05. The molecule has 0 aliphatic carbocycles. The summed E-state index contributed by atoms with van der Waals surface area (Å²) in [4.78, 5) is 5.09. The highest BCUT2D eigenvalue weighted by atomic mass is 32.1. The molecule has 3 nitrogen and oxygen atoms in total. The zero-order chi connectivity index (χ0) is 12.1. The molecule has 17 heavy (non-hydrogen) atoms. The van der Waals surface area contributed by atoms with Crippen LogP contribution in [0, 0.1) is 0 Å². The molecular formula is C13H15N3S. The van der Waals surface area contributed by atoms with Gasteiger partial charge in [-0.15, -0.1) is 0 Å². The first-order valence-electron chi connectivity index (χ1n) is 5.64. The monoisotopic (exact) mass is 245 g/mol. The van der Waals surface area contributed by atoms with Gasteiger partial charge in [-0.2, -0.15) is 0 Å². The SMILES string of the molecule is CCn1ccnc1CC(=S)Nc1ccccc1. The van der Waals surface area contributed by atoms with Crippen molar-refractivity contribution in [2.45, 2.75) is 19.9 Å². The van der Waals surface area contributed by atoms with E-state index in [0.29, 0.717) is 6.42 Å². The molecule has 0 saturated heterocycles. The average Bonchev–Trinajstić information content (AvgIpc) is 2.77. The molecule has 0 bridgehead atoms. The van der Waals surface area contributed by atoms with Gasteiger partial charge < -0.3 is 9.88 Å². The van der Waals surface area contributed by atoms with Crippen molar-refractivity contribution in [3.63, 3.8) is 0 Å². The average molecular weight is 245 g/mol. The smallest absolute Gasteiger partial charge is 0.115 e. The first-order chi connectivity index (χ1) is 8.29. The maximum absolute atomic E-state index is 5.33. The van der Waals surface area contributed by atoms with E-state index in [2.05, 4.69) is 21.8 Å². The third kappa shape index (κ3) is 3.14. The Hall–Kier alpha value is -1.68. The largest absolute Gasteiger partial charge is 0.350 e. The summed E-state index contributed by atoms with van der Waals surface area (Å²) >= 11 is 5.33. The lowest BCUT2D eigenvalue weighted by molar-refractivity contribution is 0.721. The van der Waals surface area contributed by atoms with Gasteiger partial charge in [-0.3, -0.25) is 0 Å². The number of rotatable bonds is 4. The van der Waals surface area contributed by atoms with Crippen molar-refractivity contribution in [2.24, 2.45) is 0 Å². The van der Waals surface area contributed by atoms with Crippen molar-refractivity contribution < 1.29 is 0 Å². The molecule has 2 rings (SSSR count). The second-order valence-corrected chi connectivity index (χ2v) is 4.21. The molecule has 4 heteroatoms. The fourth-order valence-corrected chi connectivity index (χ4v) is 1.91. The van der Waals surface area contributed by atoms with Crippen molar-refractivity contribution in [3.05, 3.63) is 48.5 Å². The molecule has 0 atom stereocenters. The molecule has 0 amide bonds. The number of benzene rings is 1. The number of imidazole rings is 1. The van der Waals surface area contributed by atoms with Crippen LogP contribution in [-0.4, -0.2) is 14.5 Å². The third-order valence-corrected chi connectivity index (χ3v) is 2.77. The van der Waals surface area contributed by atoms with E-state index in [-0.39, 0.29) is 0 Å². The van der Waals surface area contributed by atoms with E-state index in [1.165, 1.54) is 0 Å². The number of aryl methyl sites for hydroxylation is 1. The summed E-state index contributed by atoms with van der Waals surface area (Å²) in [5, 5.41) is 3.21. The van der Waals surface area contributed by atoms with E-state index >= 15 is 0 Å². The molecular weight excluding hydrogens is 230 g/mol. The summed E-state index contributed by atoms with van der Waals surface area (Å²) in [5.74, 6) is 1.00. The van der Waals surface area contributed by atoms with E-state index in [4.69, 9.17) is 12.2 Å². The number of nitrogens with zero attached hydrogens (tertiary/aromatic N) is 2. The van der Waals surface area contributed by atoms with Gasteiger partial charge in [0.05, 0.1) is 11.4 Å². The van der Waals surface area contributed by atoms with Crippen molar-refractivity contribution in [1.82, 2.24) is 9.55 Å². The fourth-order valence-electron chi connectivity index (χ4n) is 1.67. The summed E-state index contributed by atoms with van der Waals surface area (Å²) in [6.07, 6.45) is 4.45. The standard InChI is InChI=1S/C13H15N3S/c1-2-16-9-8-14-12(16)10-13(17)15-11-6-4-3-5-7-11/h3-9H,2,10H2,1H3,(H,15,17). The van der Waals surface area contributed by atoms with Gasteiger partial charge in [0.1, 0.15) is 5.82 Å². The Kier molecular flexibility index (Phi) is 3.88. The number of hydrogen-bond donors (Lipinski definition) is 1. The molecule has 0 unspecified atom stereocenters. The lowest BCUT2D eigenvalue weighted by Gasteiger charge is -2.08. The van der Waals surface area contributed by atoms with Gasteiger partial charge in [0.25, 0.3) is 0 Å². The predicted molar refractivity (Wildman–Crippen MR) is 74.3 cm³/mol. The van der Waals surface area contributed by atoms with Crippen LogP contribution in [0.3, 0.4) is 0 Å². The Morgan fingerprint density at radius 2 is 2.12 bits per heavy atom. The van der Waals surface area contributed by atoms with Gasteiger partial charge in [0, 0.05) is 24.6 Å². The molecule has 2 aromatic rings. The minimum absolute atomic E-state index is 0.672. The van der Waals surface area contributed by atoms with E-state index < -0.39 is 0 Å². The lowest BCUT2D eigenvalue weighted by Crippen LogP contribution is -2.15. The van der Waals surface area contributed by atoms with E-state index in [9.17, 15) is 0 Å². The minimum Gasteiger partial charge on any atom is -0.350 e. The quantitative estimate of drug-likeness (QED) is 0.840. The third-order valence-electron chi connectivity index (χ3n) is 2.52. The fraction of sp³-hybridized carbons (Fsp3) is 0.231. The molecule has 0 aliphatic heterocycles. The van der Waals surface area contributed by atoms with Gasteiger partial charge in [-0.05, 0) is 19.1 Å². The van der Waals surface area contributed by atoms with E-state index in [1.807, 2.05) is 42.7 Å². The molecule has 0 fully saturated rings. The predicted octanol–water partition coefficient (Wildman–Crippen LogP) is 2.89. The second kappa shape index (κ2) is 5.59. The van der Waals surface area contributed by atoms with Crippen LogP contribution >= 0.6 is 12.2 Å². The van der Waals surface area contributed by atoms with Crippen LogP contribution in [0.1, 0.15) is 12.7 Å². The molecule has 88 valence electrons. The molecule has 0 saturated carbocycles. The summed E-state index contributed by atoms with van der Waals surface area (Å²) in [5.41, 5.74) is 1.02. The van der Waals surface area contributed by atoms with Crippen molar-refractivity contribution in [3.8, 4) is 0 Å². The Morgan fingerprint density at radius 1 is 1.35 bits per heavy atom. The number of anilines is 1. The minimum atomic E-state index is 0.672. The highest BCUT2D eigenvalue weighted by molar-refractivity contribution is 7.80. The van der Waals surface area contributed by atoms with E-state index in [0.717, 1.165) is 23.0 Å². The number of nitrogens with one attached hydrogen (secondary N) is 1. The van der Waals surface area contributed by atoms with Crippen LogP contribution in [0.25, 0.3) is 0 Å². The summed E-state index contributed by atoms with van der Waals surface area (Å²) in [7, 11) is 0. The maximum atomic E-state index is 5.33. The highest BCUT2D eigenvalue weighted by Crippen LogP contribution is 2.07. The number of hydrogen-bond acceptors (Lipinski definition) is 2. The Bertz CT molecular complexity index is 490. The van der Waals surface area contributed by atoms with Crippen LogP contribution in [0.2, 0.25) is 0 Å². The summed E-state index contributed by atoms with van der Waals surface area (Å²) in [6.45, 7) is 3.02. The number of para-hydroxylation sites is 1. The molecule has 1 N–H and O–H groups in total. The van der Waals surface area contributed by atoms with Crippen LogP contribution in [0.15, 0.2) is 42.7 Å². The molecule has 0 aliphatic rings. The maximum Gasteiger partial charge on any atom is 0.115 e. The van der Waals surface area contributed by atoms with Gasteiger partial charge in [0.15, 0.2) is 0 Å². The Labute approximate surface area is 106 Å². The van der Waals surface area contributed by atoms with Gasteiger partial charge in [-0.1, -0.05) is 30.4 Å². The second-order valence-electron chi connectivity index (χ2n) is 3.72.